The number of benzene rings is 4. The summed E-state index contributed by atoms with van der Waals surface area (Å²) in [6, 6.07) is 19.3. The van der Waals surface area contributed by atoms with E-state index in [1.807, 2.05) is 12.2 Å². The molecule has 1 N–H and O–H groups in total. The molecular weight excluding hydrogens is 348 g/mol. The van der Waals surface area contributed by atoms with Crippen molar-refractivity contribution < 1.29 is 0 Å². The lowest BCUT2D eigenvalue weighted by Crippen LogP contribution is -2.30. The van der Waals surface area contributed by atoms with Crippen LogP contribution in [0.15, 0.2) is 76.5 Å². The van der Waals surface area contributed by atoms with Crippen molar-refractivity contribution in [3.05, 3.63) is 98.8 Å². The Morgan fingerprint density at radius 2 is 1.57 bits per heavy atom. The Morgan fingerprint density at radius 3 is 2.36 bits per heavy atom. The summed E-state index contributed by atoms with van der Waals surface area (Å²) in [5.74, 6) is 0. The van der Waals surface area contributed by atoms with Gasteiger partial charge in [0.1, 0.15) is 0 Å². The summed E-state index contributed by atoms with van der Waals surface area (Å²) in [6.45, 7) is 2.10. The van der Waals surface area contributed by atoms with Gasteiger partial charge in [-0.05, 0) is 44.8 Å². The molecule has 0 radical (unpaired) electrons. The van der Waals surface area contributed by atoms with Gasteiger partial charge in [0, 0.05) is 18.3 Å². The lowest BCUT2D eigenvalue weighted by atomic mass is 9.92. The molecular formula is C24H18N2O2. The maximum absolute atomic E-state index is 11.9. The van der Waals surface area contributed by atoms with Crippen LogP contribution in [0.4, 0.5) is 0 Å². The van der Waals surface area contributed by atoms with Gasteiger partial charge in [-0.1, -0.05) is 66.7 Å². The Bertz CT molecular complexity index is 1470. The van der Waals surface area contributed by atoms with E-state index in [0.717, 1.165) is 5.56 Å². The summed E-state index contributed by atoms with van der Waals surface area (Å²) in [4.78, 5) is 25.8. The van der Waals surface area contributed by atoms with Gasteiger partial charge in [-0.2, -0.15) is 0 Å². The summed E-state index contributed by atoms with van der Waals surface area (Å²) >= 11 is 0. The van der Waals surface area contributed by atoms with E-state index >= 15 is 0 Å². The van der Waals surface area contributed by atoms with Crippen LogP contribution in [0.5, 0.6) is 0 Å². The minimum absolute atomic E-state index is 0.336. The van der Waals surface area contributed by atoms with Gasteiger partial charge in [0.2, 0.25) is 0 Å². The largest absolute Gasteiger partial charge is 0.328 e. The van der Waals surface area contributed by atoms with Gasteiger partial charge in [0.05, 0.1) is 0 Å². The van der Waals surface area contributed by atoms with Crippen LogP contribution in [0.3, 0.4) is 0 Å². The lowest BCUT2D eigenvalue weighted by molar-refractivity contribution is 0.730. The van der Waals surface area contributed by atoms with Crippen LogP contribution in [0.25, 0.3) is 38.4 Å². The van der Waals surface area contributed by atoms with E-state index in [2.05, 4.69) is 59.6 Å². The number of rotatable bonds is 3. The maximum atomic E-state index is 11.9. The van der Waals surface area contributed by atoms with Gasteiger partial charge in [-0.25, -0.2) is 4.79 Å². The van der Waals surface area contributed by atoms with E-state index in [-0.39, 0.29) is 5.56 Å². The molecule has 4 heteroatoms. The third-order valence-corrected chi connectivity index (χ3v) is 5.35. The minimum Gasteiger partial charge on any atom is -0.297 e. The van der Waals surface area contributed by atoms with Gasteiger partial charge in [0.15, 0.2) is 0 Å². The molecule has 1 heterocycles. The first-order valence-electron chi connectivity index (χ1n) is 9.25. The molecule has 1 aromatic heterocycles. The second kappa shape index (κ2) is 6.20. The molecule has 4 nitrogen and oxygen atoms in total. The topological polar surface area (TPSA) is 54.9 Å². The normalized spacial score (nSPS) is 12.0. The number of hydrogen-bond donors (Lipinski definition) is 1. The first-order valence-corrected chi connectivity index (χ1v) is 9.25. The molecule has 136 valence electrons. The molecule has 0 atom stereocenters. The van der Waals surface area contributed by atoms with Gasteiger partial charge >= 0.3 is 5.69 Å². The van der Waals surface area contributed by atoms with E-state index in [1.165, 1.54) is 36.9 Å². The number of hydrogen-bond acceptors (Lipinski definition) is 2. The van der Waals surface area contributed by atoms with E-state index in [0.29, 0.717) is 12.1 Å². The average molecular weight is 366 g/mol. The number of nitrogens with one attached hydrogen (secondary N) is 1. The van der Waals surface area contributed by atoms with Gasteiger partial charge in [-0.3, -0.25) is 14.3 Å². The molecule has 0 aliphatic carbocycles. The number of aryl methyl sites for hydroxylation is 1. The third kappa shape index (κ3) is 2.54. The monoisotopic (exact) mass is 366 g/mol. The quantitative estimate of drug-likeness (QED) is 0.480. The number of aromatic nitrogens is 2. The smallest absolute Gasteiger partial charge is 0.297 e. The van der Waals surface area contributed by atoms with Crippen LogP contribution in [0.2, 0.25) is 0 Å². The zero-order chi connectivity index (χ0) is 19.3. The Kier molecular flexibility index (Phi) is 3.66. The third-order valence-electron chi connectivity index (χ3n) is 5.35. The molecule has 0 aliphatic rings. The molecule has 28 heavy (non-hydrogen) atoms. The molecule has 0 unspecified atom stereocenters. The highest BCUT2D eigenvalue weighted by Crippen LogP contribution is 2.36. The molecule has 5 aromatic rings. The average Bonchev–Trinajstić information content (AvgIpc) is 2.71. The summed E-state index contributed by atoms with van der Waals surface area (Å²) in [7, 11) is 0. The second-order valence-electron chi connectivity index (χ2n) is 7.14. The van der Waals surface area contributed by atoms with E-state index in [4.69, 9.17) is 0 Å². The summed E-state index contributed by atoms with van der Waals surface area (Å²) < 4.78 is 1.50. The van der Waals surface area contributed by atoms with E-state index in [1.54, 1.807) is 13.1 Å². The highest BCUT2D eigenvalue weighted by atomic mass is 16.2. The molecule has 0 saturated carbocycles. The summed E-state index contributed by atoms with van der Waals surface area (Å²) in [5, 5.41) is 7.47. The minimum atomic E-state index is -0.393. The van der Waals surface area contributed by atoms with Crippen molar-refractivity contribution in [2.75, 3.05) is 0 Å². The van der Waals surface area contributed by atoms with E-state index < -0.39 is 5.69 Å². The van der Waals surface area contributed by atoms with Crippen molar-refractivity contribution in [2.24, 2.45) is 0 Å². The standard InChI is InChI=1S/C24H18N2O2/c1-15-14-26(24(28)25-23(15)27)13-3-6-16-7-8-19-10-9-17-4-2-5-18-11-12-20(16)22(19)21(17)18/h2-12,14H,13H2,1H3,(H,25,27,28)/b6-3+. The summed E-state index contributed by atoms with van der Waals surface area (Å²) in [6.07, 6.45) is 5.58. The van der Waals surface area contributed by atoms with Crippen molar-refractivity contribution in [2.45, 2.75) is 13.5 Å². The second-order valence-corrected chi connectivity index (χ2v) is 7.14. The maximum Gasteiger partial charge on any atom is 0.328 e. The number of nitrogens with zero attached hydrogens (tertiary/aromatic N) is 1. The van der Waals surface area contributed by atoms with Crippen LogP contribution in [-0.2, 0) is 6.54 Å². The van der Waals surface area contributed by atoms with Crippen LogP contribution >= 0.6 is 0 Å². The number of allylic oxidation sites excluding steroid dienone is 1. The zero-order valence-corrected chi connectivity index (χ0v) is 15.4. The Labute approximate surface area is 160 Å². The highest BCUT2D eigenvalue weighted by Gasteiger charge is 2.09. The van der Waals surface area contributed by atoms with E-state index in [9.17, 15) is 9.59 Å². The van der Waals surface area contributed by atoms with Gasteiger partial charge in [0.25, 0.3) is 5.56 Å². The van der Waals surface area contributed by atoms with Crippen molar-refractivity contribution in [3.63, 3.8) is 0 Å². The molecule has 0 amide bonds. The predicted octanol–water partition coefficient (Wildman–Crippen LogP) is 4.46. The fraction of sp³-hybridized carbons (Fsp3) is 0.0833. The van der Waals surface area contributed by atoms with Crippen LogP contribution in [0.1, 0.15) is 11.1 Å². The van der Waals surface area contributed by atoms with Crippen LogP contribution < -0.4 is 11.2 Å². The van der Waals surface area contributed by atoms with Crippen molar-refractivity contribution in [1.82, 2.24) is 9.55 Å². The molecule has 0 aliphatic heterocycles. The Morgan fingerprint density at radius 1 is 0.893 bits per heavy atom. The zero-order valence-electron chi connectivity index (χ0n) is 15.4. The van der Waals surface area contributed by atoms with Crippen LogP contribution in [0, 0.1) is 6.92 Å². The number of aromatic amines is 1. The molecule has 4 aromatic carbocycles. The van der Waals surface area contributed by atoms with Crippen LogP contribution in [-0.4, -0.2) is 9.55 Å². The van der Waals surface area contributed by atoms with Crippen molar-refractivity contribution >= 4 is 38.4 Å². The fourth-order valence-electron chi connectivity index (χ4n) is 3.95. The SMILES string of the molecule is Cc1cn(C/C=C/c2ccc3ccc4cccc5ccc2c3c45)c(=O)[nH]c1=O. The summed E-state index contributed by atoms with van der Waals surface area (Å²) in [5.41, 5.74) is 0.906. The molecule has 5 rings (SSSR count). The first-order chi connectivity index (χ1) is 13.6. The molecule has 0 fully saturated rings. The van der Waals surface area contributed by atoms with Crippen molar-refractivity contribution in [3.8, 4) is 0 Å². The Hall–Kier alpha value is -3.66. The van der Waals surface area contributed by atoms with Crippen molar-refractivity contribution in [1.29, 1.82) is 0 Å². The van der Waals surface area contributed by atoms with Gasteiger partial charge in [-0.15, -0.1) is 0 Å². The fourth-order valence-corrected chi connectivity index (χ4v) is 3.95. The molecule has 0 saturated heterocycles. The number of H-pyrrole nitrogens is 1. The molecule has 0 spiro atoms. The highest BCUT2D eigenvalue weighted by molar-refractivity contribution is 6.24. The van der Waals surface area contributed by atoms with Gasteiger partial charge < -0.3 is 0 Å². The Balaban J connectivity index is 1.61. The molecule has 0 bridgehead atoms. The predicted molar refractivity (Wildman–Crippen MR) is 115 cm³/mol. The first kappa shape index (κ1) is 16.5. The lowest BCUT2D eigenvalue weighted by Gasteiger charge is -2.12.